The van der Waals surface area contributed by atoms with E-state index >= 15 is 0 Å². The van der Waals surface area contributed by atoms with Gasteiger partial charge in [-0.15, -0.1) is 0 Å². The van der Waals surface area contributed by atoms with Crippen LogP contribution in [0.1, 0.15) is 16.7 Å². The zero-order valence-electron chi connectivity index (χ0n) is 19.3. The van der Waals surface area contributed by atoms with Gasteiger partial charge in [0.2, 0.25) is 0 Å². The normalized spacial score (nSPS) is 10.3. The lowest BCUT2D eigenvalue weighted by Gasteiger charge is -2.11. The summed E-state index contributed by atoms with van der Waals surface area (Å²) < 4.78 is 5.12. The van der Waals surface area contributed by atoms with E-state index < -0.39 is 11.8 Å². The van der Waals surface area contributed by atoms with E-state index in [1.54, 1.807) is 54.6 Å². The summed E-state index contributed by atoms with van der Waals surface area (Å²) in [5.74, 6) is -0.593. The molecule has 0 unspecified atom stereocenters. The highest BCUT2D eigenvalue weighted by molar-refractivity contribution is 6.21. The van der Waals surface area contributed by atoms with Gasteiger partial charge in [-0.1, -0.05) is 30.3 Å². The molecule has 3 aromatic carbocycles. The minimum Gasteiger partial charge on any atom is -0.508 e. The molecule has 8 nitrogen and oxygen atoms in total. The molecule has 182 valence electrons. The quantitative estimate of drug-likeness (QED) is 0.174. The van der Waals surface area contributed by atoms with Crippen molar-refractivity contribution in [3.8, 4) is 23.0 Å². The molecule has 0 fully saturated rings. The van der Waals surface area contributed by atoms with Crippen molar-refractivity contribution in [2.45, 2.75) is 12.8 Å². The highest BCUT2D eigenvalue weighted by Crippen LogP contribution is 2.27. The number of aromatic hydroxyl groups is 3. The Morgan fingerprint density at radius 1 is 0.771 bits per heavy atom. The summed E-state index contributed by atoms with van der Waals surface area (Å²) in [6.45, 7) is 0.585. The van der Waals surface area contributed by atoms with E-state index in [0.29, 0.717) is 31.5 Å². The number of benzene rings is 3. The predicted octanol–water partition coefficient (Wildman–Crippen LogP) is 2.91. The highest BCUT2D eigenvalue weighted by atomic mass is 16.5. The highest BCUT2D eigenvalue weighted by Gasteiger charge is 2.18. The molecule has 3 aromatic rings. The summed E-state index contributed by atoms with van der Waals surface area (Å²) in [6, 6.07) is 17.9. The molecule has 0 aliphatic carbocycles. The van der Waals surface area contributed by atoms with Crippen LogP contribution in [0.5, 0.6) is 23.0 Å². The van der Waals surface area contributed by atoms with Crippen LogP contribution in [0, 0.1) is 0 Å². The van der Waals surface area contributed by atoms with E-state index in [4.69, 9.17) is 4.74 Å². The lowest BCUT2D eigenvalue weighted by Crippen LogP contribution is -2.36. The maximum atomic E-state index is 12.9. The molecule has 0 bridgehead atoms. The van der Waals surface area contributed by atoms with Crippen LogP contribution < -0.4 is 15.4 Å². The van der Waals surface area contributed by atoms with Crippen LogP contribution in [0.4, 0.5) is 0 Å². The van der Waals surface area contributed by atoms with Gasteiger partial charge in [0.15, 0.2) is 11.5 Å². The molecule has 0 heterocycles. The van der Waals surface area contributed by atoms with Crippen molar-refractivity contribution in [2.24, 2.45) is 0 Å². The molecule has 0 atom stereocenters. The van der Waals surface area contributed by atoms with Gasteiger partial charge in [0.05, 0.1) is 7.11 Å². The van der Waals surface area contributed by atoms with Crippen molar-refractivity contribution in [3.63, 3.8) is 0 Å². The van der Waals surface area contributed by atoms with Gasteiger partial charge in [-0.05, 0) is 72.0 Å². The second-order valence-corrected chi connectivity index (χ2v) is 7.83. The molecular formula is C27H28N2O6. The van der Waals surface area contributed by atoms with Gasteiger partial charge in [0, 0.05) is 13.1 Å². The van der Waals surface area contributed by atoms with Gasteiger partial charge in [-0.2, -0.15) is 0 Å². The van der Waals surface area contributed by atoms with Gasteiger partial charge in [-0.25, -0.2) is 0 Å². The Morgan fingerprint density at radius 2 is 1.26 bits per heavy atom. The summed E-state index contributed by atoms with van der Waals surface area (Å²) in [5, 5.41) is 34.2. The van der Waals surface area contributed by atoms with Gasteiger partial charge in [-0.3, -0.25) is 9.59 Å². The van der Waals surface area contributed by atoms with Crippen molar-refractivity contribution < 1.29 is 29.6 Å². The number of phenols is 3. The molecule has 0 saturated carbocycles. The molecule has 35 heavy (non-hydrogen) atoms. The summed E-state index contributed by atoms with van der Waals surface area (Å²) >= 11 is 0. The molecule has 0 aliphatic rings. The molecule has 0 aromatic heterocycles. The van der Waals surface area contributed by atoms with Crippen LogP contribution in [-0.2, 0) is 22.4 Å². The van der Waals surface area contributed by atoms with Crippen molar-refractivity contribution >= 4 is 17.9 Å². The van der Waals surface area contributed by atoms with E-state index in [9.17, 15) is 24.9 Å². The van der Waals surface area contributed by atoms with Crippen LogP contribution in [0.25, 0.3) is 6.08 Å². The zero-order chi connectivity index (χ0) is 25.2. The van der Waals surface area contributed by atoms with E-state index in [0.717, 1.165) is 11.1 Å². The van der Waals surface area contributed by atoms with Crippen LogP contribution in [-0.4, -0.2) is 47.3 Å². The van der Waals surface area contributed by atoms with Gasteiger partial charge in [0.1, 0.15) is 17.1 Å². The number of hydrogen-bond donors (Lipinski definition) is 5. The monoisotopic (exact) mass is 476 g/mol. The lowest BCUT2D eigenvalue weighted by atomic mass is 10.1. The molecule has 0 aliphatic heterocycles. The van der Waals surface area contributed by atoms with Gasteiger partial charge < -0.3 is 30.7 Å². The number of phenolic OH excluding ortho intramolecular Hbond substituents is 3. The standard InChI is InChI=1S/C27H28N2O6/c1-35-25-17-20(6-11-24(25)32)16-23(26(33)28-14-12-18-2-7-21(30)8-3-18)27(34)29-15-13-19-4-9-22(31)10-5-19/h2-11,16-17,30-32H,12-15H2,1H3,(H,28,33)(H,29,34). The molecule has 0 saturated heterocycles. The molecular weight excluding hydrogens is 448 g/mol. The number of amides is 2. The Balaban J connectivity index is 1.70. The first-order valence-corrected chi connectivity index (χ1v) is 11.1. The fourth-order valence-electron chi connectivity index (χ4n) is 3.34. The third-order valence-corrected chi connectivity index (χ3v) is 5.28. The van der Waals surface area contributed by atoms with E-state index in [2.05, 4.69) is 10.6 Å². The molecule has 0 radical (unpaired) electrons. The molecule has 0 spiro atoms. The molecule has 5 N–H and O–H groups in total. The number of carbonyl (C=O) groups excluding carboxylic acids is 2. The van der Waals surface area contributed by atoms with Crippen LogP contribution in [0.3, 0.4) is 0 Å². The Labute approximate surface area is 203 Å². The largest absolute Gasteiger partial charge is 0.508 e. The number of rotatable bonds is 10. The fourth-order valence-corrected chi connectivity index (χ4v) is 3.34. The maximum absolute atomic E-state index is 12.9. The second-order valence-electron chi connectivity index (χ2n) is 7.83. The predicted molar refractivity (Wildman–Crippen MR) is 132 cm³/mol. The second kappa shape index (κ2) is 12.1. The minimum absolute atomic E-state index is 0.0529. The van der Waals surface area contributed by atoms with Crippen LogP contribution in [0.15, 0.2) is 72.3 Å². The first-order chi connectivity index (χ1) is 16.9. The van der Waals surface area contributed by atoms with Gasteiger partial charge in [0.25, 0.3) is 11.8 Å². The van der Waals surface area contributed by atoms with Gasteiger partial charge >= 0.3 is 0 Å². The third-order valence-electron chi connectivity index (χ3n) is 5.28. The number of hydrogen-bond acceptors (Lipinski definition) is 6. The van der Waals surface area contributed by atoms with E-state index in [1.165, 1.54) is 25.3 Å². The number of nitrogens with one attached hydrogen (secondary N) is 2. The molecule has 2 amide bonds. The maximum Gasteiger partial charge on any atom is 0.256 e. The van der Waals surface area contributed by atoms with Crippen LogP contribution in [0.2, 0.25) is 0 Å². The Hall–Kier alpha value is -4.46. The van der Waals surface area contributed by atoms with Crippen molar-refractivity contribution in [1.29, 1.82) is 0 Å². The number of methoxy groups -OCH3 is 1. The fraction of sp³-hybridized carbons (Fsp3) is 0.185. The summed E-state index contributed by atoms with van der Waals surface area (Å²) in [5.41, 5.74) is 2.27. The first kappa shape index (κ1) is 25.2. The van der Waals surface area contributed by atoms with E-state index in [1.807, 2.05) is 0 Å². The van der Waals surface area contributed by atoms with E-state index in [-0.39, 0.29) is 28.6 Å². The smallest absolute Gasteiger partial charge is 0.256 e. The lowest BCUT2D eigenvalue weighted by molar-refractivity contribution is -0.123. The molecule has 8 heteroatoms. The first-order valence-electron chi connectivity index (χ1n) is 11.1. The number of carbonyl (C=O) groups is 2. The topological polar surface area (TPSA) is 128 Å². The third kappa shape index (κ3) is 7.53. The van der Waals surface area contributed by atoms with Crippen molar-refractivity contribution in [1.82, 2.24) is 10.6 Å². The van der Waals surface area contributed by atoms with Crippen molar-refractivity contribution in [2.75, 3.05) is 20.2 Å². The zero-order valence-corrected chi connectivity index (χ0v) is 19.3. The SMILES string of the molecule is COc1cc(C=C(C(=O)NCCc2ccc(O)cc2)C(=O)NCCc2ccc(O)cc2)ccc1O. The average Bonchev–Trinajstić information content (AvgIpc) is 2.85. The van der Waals surface area contributed by atoms with Crippen molar-refractivity contribution in [3.05, 3.63) is 89.0 Å². The van der Waals surface area contributed by atoms with Crippen LogP contribution >= 0.6 is 0 Å². The summed E-state index contributed by atoms with van der Waals surface area (Å²) in [4.78, 5) is 25.9. The number of ether oxygens (including phenoxy) is 1. The molecule has 3 rings (SSSR count). The Bertz CT molecular complexity index is 1120. The Morgan fingerprint density at radius 3 is 1.71 bits per heavy atom. The summed E-state index contributed by atoms with van der Waals surface area (Å²) in [6.07, 6.45) is 2.48. The summed E-state index contributed by atoms with van der Waals surface area (Å²) in [7, 11) is 1.41. The average molecular weight is 477 g/mol. The minimum atomic E-state index is -0.544. The Kier molecular flexibility index (Phi) is 8.72.